The number of nitrogens with zero attached hydrogens (tertiary/aromatic N) is 4. The van der Waals surface area contributed by atoms with Crippen LogP contribution in [0.2, 0.25) is 0 Å². The molecule has 0 aliphatic heterocycles. The topological polar surface area (TPSA) is 47.7 Å². The van der Waals surface area contributed by atoms with Crippen LogP contribution in [0.25, 0.3) is 0 Å². The lowest BCUT2D eigenvalue weighted by Gasteiger charge is -2.02. The lowest BCUT2D eigenvalue weighted by atomic mass is 10.2. The molecule has 0 aliphatic carbocycles. The van der Waals surface area contributed by atoms with Gasteiger partial charge >= 0.3 is 0 Å². The van der Waals surface area contributed by atoms with Crippen molar-refractivity contribution >= 4 is 5.69 Å². The molecule has 0 unspecified atom stereocenters. The van der Waals surface area contributed by atoms with Crippen LogP contribution >= 0.6 is 0 Å². The van der Waals surface area contributed by atoms with Crippen molar-refractivity contribution in [2.24, 2.45) is 7.05 Å². The maximum absolute atomic E-state index is 12.1. The van der Waals surface area contributed by atoms with E-state index in [0.29, 0.717) is 13.1 Å². The minimum absolute atomic E-state index is 0.299. The van der Waals surface area contributed by atoms with Crippen LogP contribution in [0.4, 0.5) is 10.1 Å². The summed E-state index contributed by atoms with van der Waals surface area (Å²) >= 11 is 0. The van der Waals surface area contributed by atoms with E-state index in [1.165, 1.54) is 0 Å². The molecule has 6 heteroatoms. The number of alkyl halides is 1. The zero-order valence-corrected chi connectivity index (χ0v) is 10.0. The largest absolute Gasteiger partial charge is 0.378 e. The fourth-order valence-corrected chi connectivity index (χ4v) is 1.58. The normalized spacial score (nSPS) is 10.8. The quantitative estimate of drug-likeness (QED) is 0.857. The summed E-state index contributed by atoms with van der Waals surface area (Å²) in [5, 5.41) is 11.4. The number of hydrogen-bond acceptors (Lipinski definition) is 3. The highest BCUT2D eigenvalue weighted by Gasteiger charge is 2.04. The average molecular weight is 237 g/mol. The summed E-state index contributed by atoms with van der Waals surface area (Å²) in [6, 6.07) is 0. The smallest absolute Gasteiger partial charge is 0.109 e. The van der Waals surface area contributed by atoms with Gasteiger partial charge in [0, 0.05) is 31.0 Å². The Kier molecular flexibility index (Phi) is 3.41. The molecule has 2 heterocycles. The van der Waals surface area contributed by atoms with Crippen molar-refractivity contribution in [3.05, 3.63) is 29.8 Å². The van der Waals surface area contributed by atoms with Gasteiger partial charge in [-0.15, -0.1) is 0 Å². The van der Waals surface area contributed by atoms with E-state index in [2.05, 4.69) is 15.5 Å². The van der Waals surface area contributed by atoms with Crippen molar-refractivity contribution in [3.63, 3.8) is 0 Å². The molecular weight excluding hydrogens is 221 g/mol. The van der Waals surface area contributed by atoms with Crippen molar-refractivity contribution in [1.29, 1.82) is 0 Å². The van der Waals surface area contributed by atoms with E-state index in [-0.39, 0.29) is 0 Å². The number of halogens is 1. The van der Waals surface area contributed by atoms with Crippen LogP contribution in [-0.4, -0.2) is 26.2 Å². The molecule has 2 aromatic rings. The van der Waals surface area contributed by atoms with Gasteiger partial charge in [0.05, 0.1) is 24.6 Å². The Morgan fingerprint density at radius 2 is 2.18 bits per heavy atom. The van der Waals surface area contributed by atoms with Crippen molar-refractivity contribution in [1.82, 2.24) is 19.6 Å². The molecule has 0 bridgehead atoms. The number of anilines is 1. The van der Waals surface area contributed by atoms with Crippen LogP contribution in [0.1, 0.15) is 11.3 Å². The SMILES string of the molecule is Cc1c(CNc2cnn(CCF)c2)cnn1C. The predicted octanol–water partition coefficient (Wildman–Crippen LogP) is 1.51. The molecule has 2 rings (SSSR count). The van der Waals surface area contributed by atoms with E-state index < -0.39 is 6.67 Å². The molecule has 0 fully saturated rings. The van der Waals surface area contributed by atoms with Gasteiger partial charge < -0.3 is 5.32 Å². The molecule has 17 heavy (non-hydrogen) atoms. The minimum Gasteiger partial charge on any atom is -0.378 e. The molecular formula is C11H16FN5. The van der Waals surface area contributed by atoms with Gasteiger partial charge in [-0.3, -0.25) is 9.36 Å². The van der Waals surface area contributed by atoms with Crippen molar-refractivity contribution in [3.8, 4) is 0 Å². The van der Waals surface area contributed by atoms with Crippen molar-refractivity contribution in [2.75, 3.05) is 12.0 Å². The van der Waals surface area contributed by atoms with Gasteiger partial charge in [-0.1, -0.05) is 0 Å². The van der Waals surface area contributed by atoms with E-state index >= 15 is 0 Å². The molecule has 0 radical (unpaired) electrons. The van der Waals surface area contributed by atoms with Crippen LogP contribution < -0.4 is 5.32 Å². The van der Waals surface area contributed by atoms with Crippen LogP contribution in [0, 0.1) is 6.92 Å². The standard InChI is InChI=1S/C11H16FN5/c1-9-10(6-14-16(9)2)5-13-11-7-15-17(8-11)4-3-12/h6-8,13H,3-5H2,1-2H3. The number of hydrogen-bond donors (Lipinski definition) is 1. The van der Waals surface area contributed by atoms with E-state index in [0.717, 1.165) is 16.9 Å². The highest BCUT2D eigenvalue weighted by molar-refractivity contribution is 5.39. The Bertz CT molecular complexity index is 488. The summed E-state index contributed by atoms with van der Waals surface area (Å²) in [7, 11) is 1.91. The molecule has 0 aliphatic rings. The molecule has 1 N–H and O–H groups in total. The fraction of sp³-hybridized carbons (Fsp3) is 0.455. The molecule has 0 spiro atoms. The number of aryl methyl sites for hydroxylation is 2. The number of rotatable bonds is 5. The Morgan fingerprint density at radius 1 is 1.35 bits per heavy atom. The Morgan fingerprint density at radius 3 is 2.82 bits per heavy atom. The molecule has 0 saturated carbocycles. The zero-order chi connectivity index (χ0) is 12.3. The van der Waals surface area contributed by atoms with Gasteiger partial charge in [-0.25, -0.2) is 4.39 Å². The first-order valence-corrected chi connectivity index (χ1v) is 5.50. The first-order valence-electron chi connectivity index (χ1n) is 5.50. The summed E-state index contributed by atoms with van der Waals surface area (Å²) in [6.45, 7) is 2.62. The zero-order valence-electron chi connectivity index (χ0n) is 10.0. The van der Waals surface area contributed by atoms with Crippen LogP contribution in [0.5, 0.6) is 0 Å². The molecule has 92 valence electrons. The van der Waals surface area contributed by atoms with Gasteiger partial charge in [0.1, 0.15) is 6.67 Å². The van der Waals surface area contributed by atoms with Crippen LogP contribution in [0.3, 0.4) is 0 Å². The molecule has 5 nitrogen and oxygen atoms in total. The Labute approximate surface area is 99.2 Å². The summed E-state index contributed by atoms with van der Waals surface area (Å²) in [4.78, 5) is 0. The molecule has 2 aromatic heterocycles. The summed E-state index contributed by atoms with van der Waals surface area (Å²) in [5.74, 6) is 0. The first kappa shape index (κ1) is 11.6. The van der Waals surface area contributed by atoms with Gasteiger partial charge in [0.15, 0.2) is 0 Å². The molecule has 0 amide bonds. The predicted molar refractivity (Wildman–Crippen MR) is 63.5 cm³/mol. The summed E-state index contributed by atoms with van der Waals surface area (Å²) < 4.78 is 15.5. The summed E-state index contributed by atoms with van der Waals surface area (Å²) in [6.07, 6.45) is 5.33. The van der Waals surface area contributed by atoms with Crippen molar-refractivity contribution < 1.29 is 4.39 Å². The monoisotopic (exact) mass is 237 g/mol. The van der Waals surface area contributed by atoms with Crippen LogP contribution in [0.15, 0.2) is 18.6 Å². The summed E-state index contributed by atoms with van der Waals surface area (Å²) in [5.41, 5.74) is 3.17. The third-order valence-corrected chi connectivity index (χ3v) is 2.77. The third-order valence-electron chi connectivity index (χ3n) is 2.77. The highest BCUT2D eigenvalue weighted by atomic mass is 19.1. The fourth-order valence-electron chi connectivity index (χ4n) is 1.58. The lowest BCUT2D eigenvalue weighted by molar-refractivity contribution is 0.427. The number of aromatic nitrogens is 4. The third kappa shape index (κ3) is 2.64. The lowest BCUT2D eigenvalue weighted by Crippen LogP contribution is -2.01. The highest BCUT2D eigenvalue weighted by Crippen LogP contribution is 2.10. The second-order valence-corrected chi connectivity index (χ2v) is 3.91. The van der Waals surface area contributed by atoms with E-state index in [9.17, 15) is 4.39 Å². The Balaban J connectivity index is 1.95. The average Bonchev–Trinajstić information content (AvgIpc) is 2.87. The minimum atomic E-state index is -0.400. The van der Waals surface area contributed by atoms with Gasteiger partial charge in [0.25, 0.3) is 0 Å². The molecule has 0 saturated heterocycles. The van der Waals surface area contributed by atoms with Gasteiger partial charge in [-0.05, 0) is 6.92 Å². The van der Waals surface area contributed by atoms with E-state index in [1.54, 1.807) is 17.1 Å². The van der Waals surface area contributed by atoms with Gasteiger partial charge in [0.2, 0.25) is 0 Å². The van der Waals surface area contributed by atoms with Gasteiger partial charge in [-0.2, -0.15) is 10.2 Å². The molecule has 0 atom stereocenters. The maximum atomic E-state index is 12.1. The first-order chi connectivity index (χ1) is 8.20. The Hall–Kier alpha value is -1.85. The van der Waals surface area contributed by atoms with Crippen molar-refractivity contribution in [2.45, 2.75) is 20.0 Å². The maximum Gasteiger partial charge on any atom is 0.109 e. The van der Waals surface area contributed by atoms with Crippen LogP contribution in [-0.2, 0) is 20.1 Å². The number of nitrogens with one attached hydrogen (secondary N) is 1. The second kappa shape index (κ2) is 4.99. The second-order valence-electron chi connectivity index (χ2n) is 3.91. The van der Waals surface area contributed by atoms with E-state index in [1.807, 2.05) is 24.9 Å². The van der Waals surface area contributed by atoms with E-state index in [4.69, 9.17) is 0 Å². The molecule has 0 aromatic carbocycles.